The monoisotopic (exact) mass is 506 g/mol. The first-order valence-electron chi connectivity index (χ1n) is 9.08. The minimum atomic E-state index is -10.7. The molecule has 0 spiro atoms. The average molecular weight is 507 g/mol. The van der Waals surface area contributed by atoms with Gasteiger partial charge in [0.1, 0.15) is 0 Å². The van der Waals surface area contributed by atoms with Crippen molar-refractivity contribution < 1.29 is 45.3 Å². The second-order valence-corrected chi connectivity index (χ2v) is 8.83. The molecule has 0 aromatic heterocycles. The zero-order valence-corrected chi connectivity index (χ0v) is 18.1. The Kier molecular flexibility index (Phi) is 8.33. The number of aryl methyl sites for hydroxylation is 4. The van der Waals surface area contributed by atoms with Crippen molar-refractivity contribution in [1.29, 1.82) is 0 Å². The molecule has 0 amide bonds. The minimum absolute atomic E-state index is 0. The van der Waals surface area contributed by atoms with Gasteiger partial charge < -0.3 is 0 Å². The summed E-state index contributed by atoms with van der Waals surface area (Å²) in [6.45, 7) is 0. The molecule has 28 heavy (non-hydrogen) atoms. The minimum Gasteiger partial charge on any atom is -0.0620 e. The molecule has 0 saturated heterocycles. The largest absolute Gasteiger partial charge is 0.0620 e. The number of hydrogen-bond acceptors (Lipinski definition) is 0. The van der Waals surface area contributed by atoms with Crippen LogP contribution in [0.3, 0.4) is 0 Å². The maximum Gasteiger partial charge on any atom is 0 e. The Labute approximate surface area is 175 Å². The van der Waals surface area contributed by atoms with Gasteiger partial charge in [0.05, 0.1) is 0 Å². The van der Waals surface area contributed by atoms with Crippen molar-refractivity contribution >= 4 is 7.81 Å². The van der Waals surface area contributed by atoms with Crippen LogP contribution in [0.1, 0.15) is 47.9 Å². The average Bonchev–Trinajstić information content (AvgIpc) is 2.60. The fourth-order valence-electron chi connectivity index (χ4n) is 3.35. The fraction of sp³-hybridized carbons (Fsp3) is 0.400. The maximum absolute atomic E-state index is 10.7. The van der Waals surface area contributed by atoms with Crippen molar-refractivity contribution in [1.82, 2.24) is 0 Å². The maximum atomic E-state index is 9.87. The zero-order valence-electron chi connectivity index (χ0n) is 15.4. The third kappa shape index (κ3) is 11.8. The van der Waals surface area contributed by atoms with Crippen molar-refractivity contribution in [2.45, 2.75) is 51.4 Å². The van der Waals surface area contributed by atoms with E-state index in [9.17, 15) is 25.2 Å². The van der Waals surface area contributed by atoms with Crippen LogP contribution < -0.4 is 0 Å². The number of rotatable bonds is 0. The van der Waals surface area contributed by atoms with E-state index in [2.05, 4.69) is 48.5 Å². The summed E-state index contributed by atoms with van der Waals surface area (Å²) in [6, 6.07) is 17.6. The zero-order chi connectivity index (χ0) is 20.0. The summed E-state index contributed by atoms with van der Waals surface area (Å²) in [4.78, 5) is 0. The molecular formula is C20H24F6PTc-. The Morgan fingerprint density at radius 2 is 0.643 bits per heavy atom. The third-order valence-electron chi connectivity index (χ3n) is 4.52. The predicted octanol–water partition coefficient (Wildman–Crippen LogP) is 8.51. The second kappa shape index (κ2) is 9.28. The van der Waals surface area contributed by atoms with Crippen LogP contribution in [0.15, 0.2) is 48.5 Å². The van der Waals surface area contributed by atoms with Crippen LogP contribution >= 0.6 is 7.81 Å². The second-order valence-electron chi connectivity index (χ2n) is 6.91. The summed E-state index contributed by atoms with van der Waals surface area (Å²) in [5.41, 5.74) is 6.31. The van der Waals surface area contributed by atoms with Gasteiger partial charge in [-0.2, -0.15) is 0 Å². The quantitative estimate of drug-likeness (QED) is 0.248. The normalized spacial score (nSPS) is 17.5. The van der Waals surface area contributed by atoms with Crippen molar-refractivity contribution in [2.75, 3.05) is 0 Å². The van der Waals surface area contributed by atoms with Gasteiger partial charge in [0.2, 0.25) is 0 Å². The van der Waals surface area contributed by atoms with E-state index < -0.39 is 7.81 Å². The van der Waals surface area contributed by atoms with Crippen LogP contribution in [-0.2, 0) is 45.8 Å². The van der Waals surface area contributed by atoms with Crippen LogP contribution in [0.2, 0.25) is 0 Å². The Morgan fingerprint density at radius 1 is 0.464 bits per heavy atom. The van der Waals surface area contributed by atoms with Crippen molar-refractivity contribution in [2.24, 2.45) is 0 Å². The first-order valence-corrected chi connectivity index (χ1v) is 11.1. The Bertz CT molecular complexity index is 646. The Hall–Kier alpha value is -0.901. The number of hydrogen-bond donors (Lipinski definition) is 0. The molecule has 2 aliphatic rings. The molecular weight excluding hydrogens is 483 g/mol. The van der Waals surface area contributed by atoms with Crippen LogP contribution in [0.25, 0.3) is 0 Å². The molecule has 0 aliphatic heterocycles. The molecule has 159 valence electrons. The summed E-state index contributed by atoms with van der Waals surface area (Å²) in [6.07, 6.45) is 10.8. The summed E-state index contributed by atoms with van der Waals surface area (Å²) in [5, 5.41) is 0. The van der Waals surface area contributed by atoms with E-state index in [0.717, 1.165) is 0 Å². The van der Waals surface area contributed by atoms with Crippen LogP contribution in [0.5, 0.6) is 0 Å². The van der Waals surface area contributed by atoms with E-state index in [4.69, 9.17) is 0 Å². The first-order chi connectivity index (χ1) is 12.4. The number of benzene rings is 2. The van der Waals surface area contributed by atoms with Crippen LogP contribution in [0.4, 0.5) is 25.2 Å². The number of halogens is 6. The smallest absolute Gasteiger partial charge is 0 e. The molecule has 0 nitrogen and oxygen atoms in total. The predicted molar refractivity (Wildman–Crippen MR) is 99.7 cm³/mol. The molecule has 2 aliphatic carbocycles. The van der Waals surface area contributed by atoms with Gasteiger partial charge >= 0.3 is 33.0 Å². The first kappa shape index (κ1) is 25.1. The molecule has 2 aromatic rings. The molecule has 4 rings (SSSR count). The summed E-state index contributed by atoms with van der Waals surface area (Å²) >= 11 is 0. The van der Waals surface area contributed by atoms with Gasteiger partial charge in [0, 0.05) is 20.1 Å². The van der Waals surface area contributed by atoms with Crippen molar-refractivity contribution in [3.8, 4) is 0 Å². The van der Waals surface area contributed by atoms with Gasteiger partial charge in [-0.05, 0) is 73.6 Å². The SMILES string of the molecule is F[P-](F)(F)(F)(F)F.[Tc].c1ccc2c(c1)CCCC2.c1ccc2c(c1)CCCC2. The van der Waals surface area contributed by atoms with E-state index in [1.54, 1.807) is 22.3 Å². The molecule has 2 aromatic carbocycles. The van der Waals surface area contributed by atoms with Gasteiger partial charge in [-0.1, -0.05) is 48.5 Å². The standard InChI is InChI=1S/2C10H12.F6P.Tc/c2*1-2-6-10-8-4-3-7-9(10)5-1;1-7(2,3,4,5)6;/h2*1-2,5-6H,3-4,7-8H2;;/q;;-1;. The van der Waals surface area contributed by atoms with Crippen molar-refractivity contribution in [3.63, 3.8) is 0 Å². The fourth-order valence-corrected chi connectivity index (χ4v) is 3.35. The molecule has 1 radical (unpaired) electrons. The molecule has 0 fully saturated rings. The summed E-state index contributed by atoms with van der Waals surface area (Å²) in [5.74, 6) is 0. The van der Waals surface area contributed by atoms with Gasteiger partial charge in [0.25, 0.3) is 0 Å². The van der Waals surface area contributed by atoms with Crippen LogP contribution in [-0.4, -0.2) is 0 Å². The molecule has 0 atom stereocenters. The van der Waals surface area contributed by atoms with Gasteiger partial charge in [-0.3, -0.25) is 0 Å². The Balaban J connectivity index is 0.000000211. The van der Waals surface area contributed by atoms with Gasteiger partial charge in [-0.15, -0.1) is 0 Å². The molecule has 0 heterocycles. The van der Waals surface area contributed by atoms with E-state index in [0.29, 0.717) is 0 Å². The van der Waals surface area contributed by atoms with Gasteiger partial charge in [-0.25, -0.2) is 0 Å². The van der Waals surface area contributed by atoms with E-state index >= 15 is 0 Å². The van der Waals surface area contributed by atoms with E-state index in [1.165, 1.54) is 51.4 Å². The summed E-state index contributed by atoms with van der Waals surface area (Å²) in [7, 11) is -10.7. The molecule has 0 unspecified atom stereocenters. The van der Waals surface area contributed by atoms with Crippen LogP contribution in [0, 0.1) is 0 Å². The molecule has 0 N–H and O–H groups in total. The topological polar surface area (TPSA) is 0 Å². The van der Waals surface area contributed by atoms with E-state index in [1.807, 2.05) is 0 Å². The Morgan fingerprint density at radius 3 is 0.821 bits per heavy atom. The molecule has 8 heteroatoms. The van der Waals surface area contributed by atoms with E-state index in [-0.39, 0.29) is 20.1 Å². The summed E-state index contributed by atoms with van der Waals surface area (Å²) < 4.78 is 59.2. The number of fused-ring (bicyclic) bond motifs is 2. The third-order valence-corrected chi connectivity index (χ3v) is 4.52. The molecule has 0 bridgehead atoms. The molecule has 0 saturated carbocycles. The van der Waals surface area contributed by atoms with Crippen molar-refractivity contribution in [3.05, 3.63) is 70.8 Å². The van der Waals surface area contributed by atoms with Gasteiger partial charge in [0.15, 0.2) is 0 Å².